The van der Waals surface area contributed by atoms with Crippen molar-refractivity contribution in [1.29, 1.82) is 0 Å². The minimum absolute atomic E-state index is 0.0160. The maximum Gasteiger partial charge on any atom is 0.330 e. The number of methoxy groups -OCH3 is 2. The molecule has 68 heavy (non-hydrogen) atoms. The second kappa shape index (κ2) is 22.9. The van der Waals surface area contributed by atoms with E-state index in [1.54, 1.807) is 62.7 Å². The van der Waals surface area contributed by atoms with E-state index in [-0.39, 0.29) is 55.2 Å². The highest BCUT2D eigenvalue weighted by Gasteiger charge is 2.51. The van der Waals surface area contributed by atoms with E-state index < -0.39 is 60.5 Å². The van der Waals surface area contributed by atoms with E-state index >= 15 is 0 Å². The summed E-state index contributed by atoms with van der Waals surface area (Å²) in [7, 11) is 1.91. The maximum atomic E-state index is 13.8. The highest BCUT2D eigenvalue weighted by atomic mass is 31.2. The first-order valence-corrected chi connectivity index (χ1v) is 24.6. The molecule has 5 atom stereocenters. The molecule has 370 valence electrons. The molecule has 4 aromatic rings. The second-order valence-corrected chi connectivity index (χ2v) is 21.0. The predicted octanol–water partition coefficient (Wildman–Crippen LogP) is 7.28. The number of aliphatic imine (C=N–C) groups is 1. The molecule has 17 heteroatoms. The molecule has 0 bridgehead atoms. The van der Waals surface area contributed by atoms with Crippen LogP contribution in [0.4, 0.5) is 0 Å². The first kappa shape index (κ1) is 53.7. The Morgan fingerprint density at radius 1 is 0.794 bits per heavy atom. The third kappa shape index (κ3) is 12.9. The van der Waals surface area contributed by atoms with Gasteiger partial charge in [-0.3, -0.25) is 44.2 Å². The first-order chi connectivity index (χ1) is 32.0. The van der Waals surface area contributed by atoms with Gasteiger partial charge in [0.25, 0.3) is 5.56 Å². The number of guanidine groups is 1. The fraction of sp³-hybridized carbons (Fsp3) is 0.510. The molecule has 0 radical (unpaired) electrons. The van der Waals surface area contributed by atoms with Crippen LogP contribution in [-0.4, -0.2) is 103 Å². The minimum atomic E-state index is -1.32. The number of rotatable bonds is 18. The Morgan fingerprint density at radius 3 is 1.76 bits per heavy atom. The third-order valence-electron chi connectivity index (χ3n) is 11.5. The van der Waals surface area contributed by atoms with Crippen LogP contribution in [0.3, 0.4) is 0 Å². The maximum absolute atomic E-state index is 13.8. The summed E-state index contributed by atoms with van der Waals surface area (Å²) in [4.78, 5) is 59.8. The van der Waals surface area contributed by atoms with Crippen LogP contribution in [0.2, 0.25) is 0 Å². The van der Waals surface area contributed by atoms with Gasteiger partial charge in [0.1, 0.15) is 43.7 Å². The van der Waals surface area contributed by atoms with Gasteiger partial charge in [-0.05, 0) is 82.2 Å². The zero-order valence-electron chi connectivity index (χ0n) is 42.0. The van der Waals surface area contributed by atoms with E-state index in [1.807, 2.05) is 85.5 Å². The van der Waals surface area contributed by atoms with Crippen LogP contribution >= 0.6 is 8.30 Å². The van der Waals surface area contributed by atoms with E-state index in [0.717, 1.165) is 16.7 Å². The lowest BCUT2D eigenvalue weighted by Gasteiger charge is -2.39. The van der Waals surface area contributed by atoms with Crippen LogP contribution in [0.25, 0.3) is 0 Å². The molecule has 3 aromatic carbocycles. The number of aromatic amines is 1. The van der Waals surface area contributed by atoms with Crippen molar-refractivity contribution in [2.45, 2.75) is 118 Å². The van der Waals surface area contributed by atoms with Crippen LogP contribution in [0.1, 0.15) is 97.7 Å². The van der Waals surface area contributed by atoms with Gasteiger partial charge < -0.3 is 28.2 Å². The molecule has 0 saturated carbocycles. The van der Waals surface area contributed by atoms with E-state index in [1.165, 1.54) is 10.8 Å². The molecule has 1 aliphatic rings. The Balaban J connectivity index is 1.64. The van der Waals surface area contributed by atoms with Gasteiger partial charge in [0.15, 0.2) is 6.23 Å². The Kier molecular flexibility index (Phi) is 18.1. The molecule has 1 aromatic heterocycles. The molecule has 0 spiro atoms. The predicted molar refractivity (Wildman–Crippen MR) is 265 cm³/mol. The number of carbonyl (C=O) groups excluding carboxylic acids is 2. The van der Waals surface area contributed by atoms with Crippen LogP contribution in [0, 0.1) is 17.8 Å². The van der Waals surface area contributed by atoms with Gasteiger partial charge in [0.05, 0.1) is 34.0 Å². The summed E-state index contributed by atoms with van der Waals surface area (Å²) in [6.45, 7) is 22.5. The number of amides is 2. The van der Waals surface area contributed by atoms with Gasteiger partial charge in [-0.15, -0.1) is 0 Å². The molecular weight excluding hydrogens is 888 g/mol. The Hall–Kier alpha value is -5.22. The van der Waals surface area contributed by atoms with Crippen molar-refractivity contribution in [2.24, 2.45) is 15.8 Å². The average Bonchev–Trinajstić information content (AvgIpc) is 3.61. The lowest BCUT2D eigenvalue weighted by atomic mass is 9.80. The number of nitrogens with zero attached hydrogens (tertiary/aromatic N) is 3. The first-order valence-electron chi connectivity index (χ1n) is 23.0. The molecule has 5 rings (SSSR count). The number of hydrogen-bond donors (Lipinski definition) is 3. The van der Waals surface area contributed by atoms with Gasteiger partial charge in [0, 0.05) is 34.7 Å². The van der Waals surface area contributed by atoms with Gasteiger partial charge in [0.2, 0.25) is 17.8 Å². The van der Waals surface area contributed by atoms with Crippen LogP contribution < -0.4 is 31.4 Å². The number of hydrogen-bond acceptors (Lipinski definition) is 12. The average molecular weight is 959 g/mol. The molecule has 1 saturated heterocycles. The molecule has 3 N–H and O–H groups in total. The number of benzene rings is 3. The van der Waals surface area contributed by atoms with Crippen LogP contribution in [0.15, 0.2) is 99.6 Å². The monoisotopic (exact) mass is 958 g/mol. The van der Waals surface area contributed by atoms with Crippen molar-refractivity contribution in [1.82, 2.24) is 24.9 Å². The Labute approximate surface area is 402 Å². The standard InChI is InChI=1S/C51H71N6O10P/c1-32(2)57(33(3)4)68(14)67-41-40(31-65-51(35-18-16-15-17-19-35,36-20-24-38(62-12)25-21-36)37-22-26-39(63-13)27-23-37)66-44(56-30-34(5)43(58)53-48(56)61)42(41)64-29-28-52-47(54-45(59)49(6,7)8)55-46(60)50(9,10)11/h15-27,30,32-33,40-42,44H,28-29,31H2,1-14H3,(H,53,58,61)(H2,52,54,55,59,60)/t40-,41-,42-,44-,68?/m1/s1. The fourth-order valence-corrected chi connectivity index (χ4v) is 9.97. The summed E-state index contributed by atoms with van der Waals surface area (Å²) >= 11 is 0. The summed E-state index contributed by atoms with van der Waals surface area (Å²) in [6, 6.07) is 25.5. The summed E-state index contributed by atoms with van der Waals surface area (Å²) < 4.78 is 43.0. The number of aryl methyl sites for hydroxylation is 1. The molecule has 0 aliphatic carbocycles. The van der Waals surface area contributed by atoms with Gasteiger partial charge >= 0.3 is 5.69 Å². The highest BCUT2D eigenvalue weighted by Crippen LogP contribution is 2.48. The van der Waals surface area contributed by atoms with Gasteiger partial charge in [-0.2, -0.15) is 0 Å². The normalized spacial score (nSPS) is 18.1. The molecule has 2 heterocycles. The summed E-state index contributed by atoms with van der Waals surface area (Å²) in [5.41, 5.74) is -1.30. The van der Waals surface area contributed by atoms with E-state index in [0.29, 0.717) is 11.5 Å². The van der Waals surface area contributed by atoms with E-state index in [9.17, 15) is 19.2 Å². The fourth-order valence-electron chi connectivity index (χ4n) is 7.95. The number of H-pyrrole nitrogens is 1. The van der Waals surface area contributed by atoms with Gasteiger partial charge in [-0.25, -0.2) is 4.79 Å². The lowest BCUT2D eigenvalue weighted by molar-refractivity contribution is -0.127. The molecule has 1 aliphatic heterocycles. The van der Waals surface area contributed by atoms with Crippen LogP contribution in [-0.2, 0) is 33.9 Å². The van der Waals surface area contributed by atoms with Crippen LogP contribution in [0.5, 0.6) is 11.5 Å². The topological polar surface area (TPSA) is 184 Å². The van der Waals surface area contributed by atoms with Crippen molar-refractivity contribution in [3.8, 4) is 11.5 Å². The summed E-state index contributed by atoms with van der Waals surface area (Å²) in [5.74, 6) is 0.639. The van der Waals surface area contributed by atoms with Crippen molar-refractivity contribution in [3.63, 3.8) is 0 Å². The molecule has 1 fully saturated rings. The van der Waals surface area contributed by atoms with E-state index in [2.05, 4.69) is 53.0 Å². The lowest BCUT2D eigenvalue weighted by Crippen LogP contribution is -2.50. The quantitative estimate of drug-likeness (QED) is 0.0300. The molecule has 1 unspecified atom stereocenters. The summed E-state index contributed by atoms with van der Waals surface area (Å²) in [5, 5.41) is 5.53. The Bertz CT molecular complexity index is 2360. The smallest absolute Gasteiger partial charge is 0.330 e. The van der Waals surface area contributed by atoms with Crippen molar-refractivity contribution < 1.29 is 37.8 Å². The zero-order chi connectivity index (χ0) is 50.1. The number of ether oxygens (including phenoxy) is 5. The molecule has 2 amide bonds. The molecule has 16 nitrogen and oxygen atoms in total. The Morgan fingerprint density at radius 2 is 1.29 bits per heavy atom. The minimum Gasteiger partial charge on any atom is -0.497 e. The molecular formula is C51H71N6O10P. The van der Waals surface area contributed by atoms with E-state index in [4.69, 9.17) is 28.2 Å². The SMILES string of the molecule is COc1ccc(C(OC[C@H]2O[C@@H](n3cc(C)c(=O)[nH]c3=O)[C@H](OCCN=C(NC(=O)C(C)(C)C)NC(=O)C(C)(C)C)[C@@H]2OP(C)N(C(C)C)C(C)C)(c2ccccc2)c2ccc(OC)cc2)cc1. The van der Waals surface area contributed by atoms with Crippen molar-refractivity contribution in [2.75, 3.05) is 40.6 Å². The number of nitrogens with one attached hydrogen (secondary N) is 3. The largest absolute Gasteiger partial charge is 0.497 e. The second-order valence-electron chi connectivity index (χ2n) is 19.4. The van der Waals surface area contributed by atoms with Crippen molar-refractivity contribution >= 4 is 26.1 Å². The zero-order valence-corrected chi connectivity index (χ0v) is 42.9. The van der Waals surface area contributed by atoms with Gasteiger partial charge in [-0.1, -0.05) is 96.1 Å². The highest BCUT2D eigenvalue weighted by molar-refractivity contribution is 7.49. The van der Waals surface area contributed by atoms with Crippen molar-refractivity contribution in [3.05, 3.63) is 128 Å². The summed E-state index contributed by atoms with van der Waals surface area (Å²) in [6.07, 6.45) is -2.37. The number of carbonyl (C=O) groups is 2. The third-order valence-corrected chi connectivity index (χ3v) is 13.6. The number of aromatic nitrogens is 2.